The first-order valence-electron chi connectivity index (χ1n) is 6.62. The number of rotatable bonds is 3. The second kappa shape index (κ2) is 5.31. The highest BCUT2D eigenvalue weighted by Crippen LogP contribution is 2.31. The molecule has 1 aromatic carbocycles. The van der Waals surface area contributed by atoms with Gasteiger partial charge in [0.2, 0.25) is 0 Å². The van der Waals surface area contributed by atoms with E-state index >= 15 is 0 Å². The lowest BCUT2D eigenvalue weighted by atomic mass is 9.81. The molecule has 5 heteroatoms. The Kier molecular flexibility index (Phi) is 4.04. The van der Waals surface area contributed by atoms with Crippen LogP contribution in [0.25, 0.3) is 0 Å². The Morgan fingerprint density at radius 2 is 1.90 bits per heavy atom. The zero-order chi connectivity index (χ0) is 15.0. The Labute approximate surface area is 119 Å². The maximum atomic E-state index is 12.4. The standard InChI is InChI=1S/C15H20O4S/c1-11-3-5-14(6-4-11)20(18,19)10-15(17)8-7-13(16)9-12(15)2/h3-8,12-13,16-17H,9-10H2,1-2H3/t12-,13-,15-/m1/s1. The number of aliphatic hydroxyl groups excluding tert-OH is 1. The topological polar surface area (TPSA) is 74.6 Å². The van der Waals surface area contributed by atoms with Crippen LogP contribution in [0.15, 0.2) is 41.3 Å². The van der Waals surface area contributed by atoms with Gasteiger partial charge in [0, 0.05) is 0 Å². The van der Waals surface area contributed by atoms with Gasteiger partial charge in [0.1, 0.15) is 0 Å². The molecule has 1 aromatic rings. The first-order valence-corrected chi connectivity index (χ1v) is 8.27. The molecule has 1 aliphatic rings. The largest absolute Gasteiger partial charge is 0.389 e. The van der Waals surface area contributed by atoms with Gasteiger partial charge in [-0.15, -0.1) is 0 Å². The highest BCUT2D eigenvalue weighted by atomic mass is 32.2. The molecular weight excluding hydrogens is 276 g/mol. The molecule has 0 radical (unpaired) electrons. The maximum absolute atomic E-state index is 12.4. The fourth-order valence-corrected chi connectivity index (χ4v) is 4.12. The first kappa shape index (κ1) is 15.2. The van der Waals surface area contributed by atoms with Crippen molar-refractivity contribution >= 4 is 9.84 Å². The van der Waals surface area contributed by atoms with Crippen molar-refractivity contribution in [1.29, 1.82) is 0 Å². The summed E-state index contributed by atoms with van der Waals surface area (Å²) in [5, 5.41) is 20.0. The maximum Gasteiger partial charge on any atom is 0.181 e. The minimum absolute atomic E-state index is 0.211. The molecule has 0 saturated heterocycles. The molecule has 0 aliphatic heterocycles. The number of benzene rings is 1. The van der Waals surface area contributed by atoms with Crippen molar-refractivity contribution in [2.75, 3.05) is 5.75 Å². The lowest BCUT2D eigenvalue weighted by Gasteiger charge is -2.35. The summed E-state index contributed by atoms with van der Waals surface area (Å²) in [4.78, 5) is 0.211. The number of hydrogen-bond acceptors (Lipinski definition) is 4. The normalized spacial score (nSPS) is 30.4. The van der Waals surface area contributed by atoms with E-state index in [0.29, 0.717) is 6.42 Å². The van der Waals surface area contributed by atoms with Crippen molar-refractivity contribution < 1.29 is 18.6 Å². The van der Waals surface area contributed by atoms with Gasteiger partial charge in [-0.1, -0.05) is 36.8 Å². The van der Waals surface area contributed by atoms with Gasteiger partial charge in [-0.05, 0) is 31.4 Å². The van der Waals surface area contributed by atoms with Gasteiger partial charge in [0.25, 0.3) is 0 Å². The molecule has 0 fully saturated rings. The van der Waals surface area contributed by atoms with Gasteiger partial charge in [-0.25, -0.2) is 8.42 Å². The fourth-order valence-electron chi connectivity index (χ4n) is 2.41. The Morgan fingerprint density at radius 3 is 2.45 bits per heavy atom. The SMILES string of the molecule is Cc1ccc(S(=O)(=O)C[C@]2(O)C=C[C@@H](O)C[C@H]2C)cc1. The van der Waals surface area contributed by atoms with Crippen LogP contribution in [0.3, 0.4) is 0 Å². The van der Waals surface area contributed by atoms with Crippen molar-refractivity contribution in [2.24, 2.45) is 5.92 Å². The third-order valence-corrected chi connectivity index (χ3v) is 5.69. The smallest absolute Gasteiger partial charge is 0.181 e. The molecule has 0 heterocycles. The van der Waals surface area contributed by atoms with Crippen LogP contribution in [0.1, 0.15) is 18.9 Å². The molecule has 0 unspecified atom stereocenters. The zero-order valence-corrected chi connectivity index (χ0v) is 12.5. The highest BCUT2D eigenvalue weighted by molar-refractivity contribution is 7.91. The third-order valence-electron chi connectivity index (χ3n) is 3.86. The molecule has 20 heavy (non-hydrogen) atoms. The van der Waals surface area contributed by atoms with E-state index in [1.165, 1.54) is 12.2 Å². The minimum atomic E-state index is -3.57. The number of hydrogen-bond donors (Lipinski definition) is 2. The molecule has 0 amide bonds. The average Bonchev–Trinajstić information content (AvgIpc) is 2.35. The fraction of sp³-hybridized carbons (Fsp3) is 0.467. The lowest BCUT2D eigenvalue weighted by molar-refractivity contribution is 0.0231. The van der Waals surface area contributed by atoms with E-state index in [9.17, 15) is 18.6 Å². The van der Waals surface area contributed by atoms with Crippen LogP contribution >= 0.6 is 0 Å². The summed E-state index contributed by atoms with van der Waals surface area (Å²) in [5.41, 5.74) is -0.445. The van der Waals surface area contributed by atoms with E-state index in [-0.39, 0.29) is 16.6 Å². The van der Waals surface area contributed by atoms with Crippen LogP contribution in [-0.4, -0.2) is 36.1 Å². The van der Waals surface area contributed by atoms with Gasteiger partial charge in [-0.2, -0.15) is 0 Å². The Bertz CT molecular complexity index is 603. The Hall–Kier alpha value is -1.17. The zero-order valence-electron chi connectivity index (χ0n) is 11.7. The molecule has 1 aliphatic carbocycles. The van der Waals surface area contributed by atoms with Gasteiger partial charge in [0.05, 0.1) is 22.4 Å². The average molecular weight is 296 g/mol. The summed E-state index contributed by atoms with van der Waals surface area (Å²) in [6.07, 6.45) is 2.62. The van der Waals surface area contributed by atoms with Crippen molar-refractivity contribution in [2.45, 2.75) is 36.9 Å². The van der Waals surface area contributed by atoms with Crippen molar-refractivity contribution in [1.82, 2.24) is 0 Å². The summed E-state index contributed by atoms with van der Waals surface area (Å²) < 4.78 is 24.8. The molecule has 0 saturated carbocycles. The van der Waals surface area contributed by atoms with Crippen molar-refractivity contribution in [3.05, 3.63) is 42.0 Å². The molecule has 4 nitrogen and oxygen atoms in total. The first-order chi connectivity index (χ1) is 9.23. The minimum Gasteiger partial charge on any atom is -0.389 e. The van der Waals surface area contributed by atoms with Crippen LogP contribution in [-0.2, 0) is 9.84 Å². The van der Waals surface area contributed by atoms with Gasteiger partial charge in [0.15, 0.2) is 9.84 Å². The molecule has 0 aromatic heterocycles. The van der Waals surface area contributed by atoms with Crippen LogP contribution in [0.5, 0.6) is 0 Å². The van der Waals surface area contributed by atoms with E-state index in [2.05, 4.69) is 0 Å². The van der Waals surface area contributed by atoms with Gasteiger partial charge in [-0.3, -0.25) is 0 Å². The number of aliphatic hydroxyl groups is 2. The van der Waals surface area contributed by atoms with Crippen LogP contribution in [0.4, 0.5) is 0 Å². The van der Waals surface area contributed by atoms with Crippen molar-refractivity contribution in [3.63, 3.8) is 0 Å². The van der Waals surface area contributed by atoms with Crippen LogP contribution in [0, 0.1) is 12.8 Å². The second-order valence-corrected chi connectivity index (χ2v) is 7.62. The van der Waals surface area contributed by atoms with E-state index < -0.39 is 21.5 Å². The van der Waals surface area contributed by atoms with E-state index in [4.69, 9.17) is 0 Å². The second-order valence-electron chi connectivity index (χ2n) is 5.63. The molecule has 2 rings (SSSR count). The van der Waals surface area contributed by atoms with Crippen LogP contribution < -0.4 is 0 Å². The van der Waals surface area contributed by atoms with E-state index in [1.54, 1.807) is 31.2 Å². The molecule has 2 N–H and O–H groups in total. The predicted molar refractivity (Wildman–Crippen MR) is 77.1 cm³/mol. The molecule has 0 spiro atoms. The monoisotopic (exact) mass is 296 g/mol. The lowest BCUT2D eigenvalue weighted by Crippen LogP contribution is -2.45. The van der Waals surface area contributed by atoms with E-state index in [0.717, 1.165) is 5.56 Å². The summed E-state index contributed by atoms with van der Waals surface area (Å²) in [7, 11) is -3.57. The summed E-state index contributed by atoms with van der Waals surface area (Å²) in [5.74, 6) is -0.685. The molecule has 110 valence electrons. The predicted octanol–water partition coefficient (Wildman–Crippen LogP) is 1.46. The quantitative estimate of drug-likeness (QED) is 0.828. The number of aryl methyl sites for hydroxylation is 1. The van der Waals surface area contributed by atoms with E-state index in [1.807, 2.05) is 6.92 Å². The highest BCUT2D eigenvalue weighted by Gasteiger charge is 2.39. The summed E-state index contributed by atoms with van der Waals surface area (Å²) in [6, 6.07) is 6.59. The third kappa shape index (κ3) is 3.11. The summed E-state index contributed by atoms with van der Waals surface area (Å²) >= 11 is 0. The summed E-state index contributed by atoms with van der Waals surface area (Å²) in [6.45, 7) is 3.63. The molecule has 0 bridgehead atoms. The Morgan fingerprint density at radius 1 is 1.30 bits per heavy atom. The van der Waals surface area contributed by atoms with Gasteiger partial charge < -0.3 is 10.2 Å². The molecule has 3 atom stereocenters. The van der Waals surface area contributed by atoms with Crippen LogP contribution in [0.2, 0.25) is 0 Å². The Balaban J connectivity index is 2.28. The van der Waals surface area contributed by atoms with Gasteiger partial charge >= 0.3 is 0 Å². The number of sulfone groups is 1. The van der Waals surface area contributed by atoms with Crippen molar-refractivity contribution in [3.8, 4) is 0 Å². The molecular formula is C15H20O4S.